The summed E-state index contributed by atoms with van der Waals surface area (Å²) in [6.07, 6.45) is 5.27. The third-order valence-corrected chi connectivity index (χ3v) is 2.42. The number of carbonyl (C=O) groups excluding carboxylic acids is 1. The lowest BCUT2D eigenvalue weighted by Gasteiger charge is -2.18. The van der Waals surface area contributed by atoms with Crippen LogP contribution in [0.4, 0.5) is 0 Å². The summed E-state index contributed by atoms with van der Waals surface area (Å²) < 4.78 is 0. The molecule has 0 spiro atoms. The summed E-state index contributed by atoms with van der Waals surface area (Å²) in [7, 11) is 0. The number of aldehydes is 1. The maximum atomic E-state index is 10.3. The third-order valence-electron chi connectivity index (χ3n) is 2.42. The van der Waals surface area contributed by atoms with E-state index < -0.39 is 0 Å². The van der Waals surface area contributed by atoms with Gasteiger partial charge in [-0.1, -0.05) is 45.0 Å². The predicted molar refractivity (Wildman–Crippen MR) is 69.4 cm³/mol. The van der Waals surface area contributed by atoms with E-state index in [9.17, 15) is 4.79 Å². The summed E-state index contributed by atoms with van der Waals surface area (Å²) in [5, 5.41) is 0. The average Bonchev–Trinajstić information content (AvgIpc) is 2.14. The van der Waals surface area contributed by atoms with E-state index in [4.69, 9.17) is 0 Å². The molecule has 0 saturated heterocycles. The van der Waals surface area contributed by atoms with Gasteiger partial charge in [-0.25, -0.2) is 0 Å². The molecule has 0 saturated carbocycles. The molecule has 0 aliphatic rings. The minimum absolute atomic E-state index is 0.312. The first-order valence-corrected chi connectivity index (χ1v) is 5.64. The van der Waals surface area contributed by atoms with Crippen LogP contribution in [0.2, 0.25) is 0 Å². The lowest BCUT2D eigenvalue weighted by atomic mass is 9.87. The molecule has 0 N–H and O–H groups in total. The molecule has 0 fully saturated rings. The first-order valence-electron chi connectivity index (χ1n) is 5.64. The largest absolute Gasteiger partial charge is 0.299 e. The van der Waals surface area contributed by atoms with Gasteiger partial charge in [0.2, 0.25) is 0 Å². The summed E-state index contributed by atoms with van der Waals surface area (Å²) in [5.74, 6) is 0. The van der Waals surface area contributed by atoms with Crippen LogP contribution >= 0.6 is 0 Å². The summed E-state index contributed by atoms with van der Waals surface area (Å²) >= 11 is 0. The van der Waals surface area contributed by atoms with Crippen molar-refractivity contribution in [2.24, 2.45) is 5.41 Å². The second-order valence-electron chi connectivity index (χ2n) is 5.42. The van der Waals surface area contributed by atoms with Crippen LogP contribution in [0.15, 0.2) is 24.3 Å². The van der Waals surface area contributed by atoms with E-state index in [1.807, 2.05) is 6.08 Å². The number of carbonyl (C=O) groups is 1. The van der Waals surface area contributed by atoms with Gasteiger partial charge in [0.1, 0.15) is 6.29 Å². The van der Waals surface area contributed by atoms with E-state index in [0.717, 1.165) is 18.3 Å². The van der Waals surface area contributed by atoms with Crippen LogP contribution in [-0.4, -0.2) is 6.29 Å². The molecule has 0 aliphatic carbocycles. The van der Waals surface area contributed by atoms with Gasteiger partial charge in [-0.05, 0) is 41.5 Å². The molecule has 0 aliphatic heterocycles. The van der Waals surface area contributed by atoms with Crippen molar-refractivity contribution in [3.8, 4) is 0 Å². The quantitative estimate of drug-likeness (QED) is 0.555. The maximum Gasteiger partial charge on any atom is 0.142 e. The fourth-order valence-electron chi connectivity index (χ4n) is 1.79. The maximum absolute atomic E-state index is 10.3. The van der Waals surface area contributed by atoms with E-state index in [2.05, 4.69) is 45.9 Å². The average molecular weight is 216 g/mol. The van der Waals surface area contributed by atoms with Crippen molar-refractivity contribution in [1.82, 2.24) is 0 Å². The van der Waals surface area contributed by atoms with Crippen LogP contribution in [-0.2, 0) is 11.2 Å². The monoisotopic (exact) mass is 216 g/mol. The highest BCUT2D eigenvalue weighted by Gasteiger charge is 2.11. The molecule has 16 heavy (non-hydrogen) atoms. The van der Waals surface area contributed by atoms with E-state index >= 15 is 0 Å². The highest BCUT2D eigenvalue weighted by molar-refractivity contribution is 5.74. The van der Waals surface area contributed by atoms with Crippen LogP contribution < -0.4 is 0 Å². The molecule has 0 heterocycles. The minimum atomic E-state index is 0.312. The Balaban J connectivity index is 2.91. The number of allylic oxidation sites excluding steroid dienone is 1. The van der Waals surface area contributed by atoms with Crippen LogP contribution in [0.25, 0.3) is 6.08 Å². The van der Waals surface area contributed by atoms with Gasteiger partial charge in [0, 0.05) is 0 Å². The van der Waals surface area contributed by atoms with Gasteiger partial charge in [0.25, 0.3) is 0 Å². The molecule has 0 amide bonds. The Morgan fingerprint density at radius 3 is 2.44 bits per heavy atom. The summed E-state index contributed by atoms with van der Waals surface area (Å²) in [4.78, 5) is 10.3. The van der Waals surface area contributed by atoms with Crippen LogP contribution in [0.1, 0.15) is 37.5 Å². The Morgan fingerprint density at radius 1 is 1.25 bits per heavy atom. The molecule has 1 rings (SSSR count). The topological polar surface area (TPSA) is 17.1 Å². The van der Waals surface area contributed by atoms with Gasteiger partial charge in [0.15, 0.2) is 0 Å². The highest BCUT2D eigenvalue weighted by Crippen LogP contribution is 2.22. The Hall–Kier alpha value is -1.37. The van der Waals surface area contributed by atoms with Gasteiger partial charge < -0.3 is 0 Å². The molecule has 1 heteroatoms. The molecule has 0 radical (unpaired) electrons. The molecular weight excluding hydrogens is 196 g/mol. The Labute approximate surface area is 98.2 Å². The predicted octanol–water partition coefficient (Wildman–Crippen LogP) is 3.80. The van der Waals surface area contributed by atoms with Gasteiger partial charge in [-0.2, -0.15) is 0 Å². The fraction of sp³-hybridized carbons (Fsp3) is 0.400. The van der Waals surface area contributed by atoms with E-state index in [-0.39, 0.29) is 0 Å². The summed E-state index contributed by atoms with van der Waals surface area (Å²) in [6, 6.07) is 6.43. The van der Waals surface area contributed by atoms with Crippen LogP contribution in [0, 0.1) is 12.3 Å². The van der Waals surface area contributed by atoms with Gasteiger partial charge in [-0.3, -0.25) is 4.79 Å². The van der Waals surface area contributed by atoms with Gasteiger partial charge in [-0.15, -0.1) is 0 Å². The zero-order chi connectivity index (χ0) is 12.2. The highest BCUT2D eigenvalue weighted by atomic mass is 16.1. The molecule has 0 atom stereocenters. The SMILES string of the molecule is Cc1cc(CC(C)(C)C)ccc1C=CC=O. The number of hydrogen-bond donors (Lipinski definition) is 0. The van der Waals surface area contributed by atoms with Gasteiger partial charge in [0.05, 0.1) is 0 Å². The molecule has 0 bridgehead atoms. The zero-order valence-corrected chi connectivity index (χ0v) is 10.6. The smallest absolute Gasteiger partial charge is 0.142 e. The summed E-state index contributed by atoms with van der Waals surface area (Å²) in [5.41, 5.74) is 4.00. The van der Waals surface area contributed by atoms with E-state index in [0.29, 0.717) is 5.41 Å². The fourth-order valence-corrected chi connectivity index (χ4v) is 1.79. The first kappa shape index (κ1) is 12.7. The lowest BCUT2D eigenvalue weighted by Crippen LogP contribution is -2.09. The van der Waals surface area contributed by atoms with Crippen molar-refractivity contribution in [1.29, 1.82) is 0 Å². The molecule has 0 aromatic heterocycles. The Kier molecular flexibility index (Phi) is 4.05. The minimum Gasteiger partial charge on any atom is -0.299 e. The van der Waals surface area contributed by atoms with Crippen molar-refractivity contribution in [2.45, 2.75) is 34.1 Å². The molecule has 86 valence electrons. The van der Waals surface area contributed by atoms with Crippen LogP contribution in [0.5, 0.6) is 0 Å². The molecule has 0 unspecified atom stereocenters. The molecule has 1 aromatic rings. The summed E-state index contributed by atoms with van der Waals surface area (Å²) in [6.45, 7) is 8.80. The standard InChI is InChI=1S/C15H20O/c1-12-10-13(11-15(2,3)4)7-8-14(12)6-5-9-16/h5-10H,11H2,1-4H3. The zero-order valence-electron chi connectivity index (χ0n) is 10.6. The third kappa shape index (κ3) is 4.01. The lowest BCUT2D eigenvalue weighted by molar-refractivity contribution is -0.104. The van der Waals surface area contributed by atoms with Crippen molar-refractivity contribution in [3.05, 3.63) is 41.0 Å². The molecular formula is C15H20O. The second kappa shape index (κ2) is 5.11. The van der Waals surface area contributed by atoms with Crippen molar-refractivity contribution in [2.75, 3.05) is 0 Å². The Bertz CT molecular complexity index is 394. The molecule has 1 aromatic carbocycles. The van der Waals surface area contributed by atoms with E-state index in [1.54, 1.807) is 0 Å². The number of aryl methyl sites for hydroxylation is 1. The van der Waals surface area contributed by atoms with Crippen molar-refractivity contribution in [3.63, 3.8) is 0 Å². The number of benzene rings is 1. The van der Waals surface area contributed by atoms with Crippen LogP contribution in [0.3, 0.4) is 0 Å². The second-order valence-corrected chi connectivity index (χ2v) is 5.42. The van der Waals surface area contributed by atoms with Crippen molar-refractivity contribution < 1.29 is 4.79 Å². The number of rotatable bonds is 3. The van der Waals surface area contributed by atoms with Crippen molar-refractivity contribution >= 4 is 12.4 Å². The van der Waals surface area contributed by atoms with E-state index in [1.165, 1.54) is 17.2 Å². The van der Waals surface area contributed by atoms with Gasteiger partial charge >= 0.3 is 0 Å². The molecule has 1 nitrogen and oxygen atoms in total. The Morgan fingerprint density at radius 2 is 1.94 bits per heavy atom. The normalized spacial score (nSPS) is 12.0. The first-order chi connectivity index (χ1) is 7.42. The number of hydrogen-bond acceptors (Lipinski definition) is 1.